The highest BCUT2D eigenvalue weighted by atomic mass is 79.9. The summed E-state index contributed by atoms with van der Waals surface area (Å²) in [5.74, 6) is -1.62. The number of nitrogens with one attached hydrogen (secondary N) is 1. The van der Waals surface area contributed by atoms with Crippen LogP contribution in [0, 0.1) is 15.9 Å². The largest absolute Gasteiger partial charge is 0.398 e. The van der Waals surface area contributed by atoms with Crippen LogP contribution < -0.4 is 11.1 Å². The number of nitrogens with two attached hydrogens (primary N) is 1. The second-order valence-corrected chi connectivity index (χ2v) is 4.99. The number of nitro groups is 1. The standard InChI is InChI=1S/C13H9BrFN3O3/c14-7-4-5-8(10(16)6-7)13(19)17-12-9(15)2-1-3-11(12)18(20)21/h1-6H,16H2,(H,17,19). The smallest absolute Gasteiger partial charge is 0.295 e. The molecule has 0 radical (unpaired) electrons. The zero-order chi connectivity index (χ0) is 15.6. The zero-order valence-corrected chi connectivity index (χ0v) is 12.1. The summed E-state index contributed by atoms with van der Waals surface area (Å²) in [5, 5.41) is 13.0. The highest BCUT2D eigenvalue weighted by molar-refractivity contribution is 9.10. The van der Waals surface area contributed by atoms with Crippen LogP contribution in [-0.4, -0.2) is 10.8 Å². The van der Waals surface area contributed by atoms with Gasteiger partial charge in [-0.05, 0) is 24.3 Å². The first kappa shape index (κ1) is 14.9. The molecule has 0 aliphatic rings. The number of carbonyl (C=O) groups is 1. The predicted octanol–water partition coefficient (Wildman–Crippen LogP) is 3.33. The molecular weight excluding hydrogens is 345 g/mol. The Bertz CT molecular complexity index is 737. The number of amides is 1. The third-order valence-electron chi connectivity index (χ3n) is 2.69. The number of halogens is 2. The minimum Gasteiger partial charge on any atom is -0.398 e. The van der Waals surface area contributed by atoms with Crippen molar-refractivity contribution in [3.63, 3.8) is 0 Å². The van der Waals surface area contributed by atoms with Crippen LogP contribution in [0.15, 0.2) is 40.9 Å². The first-order valence-corrected chi connectivity index (χ1v) is 6.48. The summed E-state index contributed by atoms with van der Waals surface area (Å²) >= 11 is 3.19. The summed E-state index contributed by atoms with van der Waals surface area (Å²) in [6, 6.07) is 7.83. The van der Waals surface area contributed by atoms with E-state index in [0.29, 0.717) is 4.47 Å². The molecule has 0 fully saturated rings. The quantitative estimate of drug-likeness (QED) is 0.502. The van der Waals surface area contributed by atoms with Crippen molar-refractivity contribution in [2.24, 2.45) is 0 Å². The molecule has 6 nitrogen and oxygen atoms in total. The molecule has 21 heavy (non-hydrogen) atoms. The van der Waals surface area contributed by atoms with Crippen LogP contribution in [0.1, 0.15) is 10.4 Å². The van der Waals surface area contributed by atoms with Gasteiger partial charge in [0.15, 0.2) is 11.5 Å². The van der Waals surface area contributed by atoms with Gasteiger partial charge in [-0.15, -0.1) is 0 Å². The van der Waals surface area contributed by atoms with Crippen molar-refractivity contribution in [1.29, 1.82) is 0 Å². The Hall–Kier alpha value is -2.48. The highest BCUT2D eigenvalue weighted by Crippen LogP contribution is 2.28. The molecule has 0 aliphatic heterocycles. The molecule has 3 N–H and O–H groups in total. The molecule has 0 aliphatic carbocycles. The number of para-hydroxylation sites is 1. The lowest BCUT2D eigenvalue weighted by Gasteiger charge is -2.09. The summed E-state index contributed by atoms with van der Waals surface area (Å²) < 4.78 is 14.4. The Balaban J connectivity index is 2.38. The van der Waals surface area contributed by atoms with Gasteiger partial charge in [-0.3, -0.25) is 14.9 Å². The average Bonchev–Trinajstić information content (AvgIpc) is 2.40. The van der Waals surface area contributed by atoms with Gasteiger partial charge < -0.3 is 11.1 Å². The second kappa shape index (κ2) is 5.88. The van der Waals surface area contributed by atoms with E-state index in [1.165, 1.54) is 18.2 Å². The van der Waals surface area contributed by atoms with Crippen LogP contribution in [0.3, 0.4) is 0 Å². The van der Waals surface area contributed by atoms with Gasteiger partial charge in [0, 0.05) is 16.2 Å². The zero-order valence-electron chi connectivity index (χ0n) is 10.5. The molecule has 2 aromatic rings. The maximum Gasteiger partial charge on any atom is 0.295 e. The molecule has 2 rings (SSSR count). The number of nitro benzene ring substituents is 1. The first-order valence-electron chi connectivity index (χ1n) is 5.69. The third-order valence-corrected chi connectivity index (χ3v) is 3.18. The van der Waals surface area contributed by atoms with Gasteiger partial charge in [-0.2, -0.15) is 0 Å². The fourth-order valence-electron chi connectivity index (χ4n) is 1.71. The molecule has 0 saturated heterocycles. The van der Waals surface area contributed by atoms with E-state index in [0.717, 1.165) is 12.1 Å². The van der Waals surface area contributed by atoms with Crippen LogP contribution in [-0.2, 0) is 0 Å². The minimum atomic E-state index is -0.895. The summed E-state index contributed by atoms with van der Waals surface area (Å²) in [6.45, 7) is 0. The maximum absolute atomic E-state index is 13.7. The number of benzene rings is 2. The molecular formula is C13H9BrFN3O3. The fourth-order valence-corrected chi connectivity index (χ4v) is 2.09. The number of hydrogen-bond donors (Lipinski definition) is 2. The van der Waals surface area contributed by atoms with Crippen molar-refractivity contribution < 1.29 is 14.1 Å². The Kier molecular flexibility index (Phi) is 4.18. The van der Waals surface area contributed by atoms with E-state index in [9.17, 15) is 19.3 Å². The Morgan fingerprint density at radius 1 is 1.33 bits per heavy atom. The number of nitrogen functional groups attached to an aromatic ring is 1. The summed E-state index contributed by atoms with van der Waals surface area (Å²) in [4.78, 5) is 22.2. The summed E-state index contributed by atoms with van der Waals surface area (Å²) in [5.41, 5.74) is 4.93. The van der Waals surface area contributed by atoms with Crippen molar-refractivity contribution in [3.05, 3.63) is 62.4 Å². The fraction of sp³-hybridized carbons (Fsp3) is 0. The van der Waals surface area contributed by atoms with Crippen molar-refractivity contribution >= 4 is 38.9 Å². The molecule has 2 aromatic carbocycles. The summed E-state index contributed by atoms with van der Waals surface area (Å²) in [7, 11) is 0. The van der Waals surface area contributed by atoms with E-state index < -0.39 is 28.0 Å². The molecule has 0 aromatic heterocycles. The van der Waals surface area contributed by atoms with Crippen LogP contribution in [0.2, 0.25) is 0 Å². The van der Waals surface area contributed by atoms with Gasteiger partial charge in [-0.25, -0.2) is 4.39 Å². The number of hydrogen-bond acceptors (Lipinski definition) is 4. The van der Waals surface area contributed by atoms with E-state index >= 15 is 0 Å². The average molecular weight is 354 g/mol. The predicted molar refractivity (Wildman–Crippen MR) is 79.6 cm³/mol. The minimum absolute atomic E-state index is 0.0933. The number of nitrogens with zero attached hydrogens (tertiary/aromatic N) is 1. The lowest BCUT2D eigenvalue weighted by atomic mass is 10.1. The van der Waals surface area contributed by atoms with E-state index in [1.807, 2.05) is 0 Å². The van der Waals surface area contributed by atoms with Crippen molar-refractivity contribution in [2.45, 2.75) is 0 Å². The Morgan fingerprint density at radius 2 is 2.05 bits per heavy atom. The molecule has 0 atom stereocenters. The number of carbonyl (C=O) groups excluding carboxylic acids is 1. The van der Waals surface area contributed by atoms with E-state index in [4.69, 9.17) is 5.73 Å². The van der Waals surface area contributed by atoms with E-state index in [-0.39, 0.29) is 11.3 Å². The third kappa shape index (κ3) is 3.16. The van der Waals surface area contributed by atoms with Crippen molar-refractivity contribution in [2.75, 3.05) is 11.1 Å². The van der Waals surface area contributed by atoms with Crippen LogP contribution in [0.4, 0.5) is 21.5 Å². The SMILES string of the molecule is Nc1cc(Br)ccc1C(=O)Nc1c(F)cccc1[N+](=O)[O-]. The van der Waals surface area contributed by atoms with Crippen LogP contribution in [0.25, 0.3) is 0 Å². The molecule has 0 saturated carbocycles. The van der Waals surface area contributed by atoms with Crippen LogP contribution >= 0.6 is 15.9 Å². The molecule has 0 unspecified atom stereocenters. The lowest BCUT2D eigenvalue weighted by molar-refractivity contribution is -0.384. The molecule has 1 amide bonds. The Labute approximate surface area is 127 Å². The number of anilines is 2. The van der Waals surface area contributed by atoms with Gasteiger partial charge in [0.2, 0.25) is 0 Å². The lowest BCUT2D eigenvalue weighted by Crippen LogP contribution is -2.16. The first-order chi connectivity index (χ1) is 9.90. The molecule has 108 valence electrons. The van der Waals surface area contributed by atoms with Gasteiger partial charge in [0.1, 0.15) is 0 Å². The van der Waals surface area contributed by atoms with Crippen molar-refractivity contribution in [1.82, 2.24) is 0 Å². The van der Waals surface area contributed by atoms with Gasteiger partial charge in [0.05, 0.1) is 10.5 Å². The molecule has 0 heterocycles. The normalized spacial score (nSPS) is 10.2. The van der Waals surface area contributed by atoms with E-state index in [2.05, 4.69) is 21.2 Å². The maximum atomic E-state index is 13.7. The van der Waals surface area contributed by atoms with Gasteiger partial charge >= 0.3 is 0 Å². The molecule has 8 heteroatoms. The van der Waals surface area contributed by atoms with Crippen LogP contribution in [0.5, 0.6) is 0 Å². The van der Waals surface area contributed by atoms with Crippen molar-refractivity contribution in [3.8, 4) is 0 Å². The molecule has 0 spiro atoms. The topological polar surface area (TPSA) is 98.3 Å². The van der Waals surface area contributed by atoms with Gasteiger partial charge in [0.25, 0.3) is 11.6 Å². The highest BCUT2D eigenvalue weighted by Gasteiger charge is 2.21. The Morgan fingerprint density at radius 3 is 2.67 bits per heavy atom. The second-order valence-electron chi connectivity index (χ2n) is 4.08. The van der Waals surface area contributed by atoms with E-state index in [1.54, 1.807) is 6.07 Å². The summed E-state index contributed by atoms with van der Waals surface area (Å²) in [6.07, 6.45) is 0. The van der Waals surface area contributed by atoms with Gasteiger partial charge in [-0.1, -0.05) is 22.0 Å². The monoisotopic (exact) mass is 353 g/mol. The number of rotatable bonds is 3. The molecule has 0 bridgehead atoms.